The first-order chi connectivity index (χ1) is 10.1. The standard InChI is InChI=1S/C19H30N2/c1-6-16(7-2)19-12-17(11-18(13-20)15(19)5)14(4)9-10-21-8-3/h9-11,15-17,19H,6-8,12H2,1-5H3/b14-9+,21-10-. The van der Waals surface area contributed by atoms with E-state index in [4.69, 9.17) is 0 Å². The quantitative estimate of drug-likeness (QED) is 0.619. The van der Waals surface area contributed by atoms with Crippen molar-refractivity contribution in [2.45, 2.75) is 53.9 Å². The molecule has 0 saturated carbocycles. The van der Waals surface area contributed by atoms with Crippen LogP contribution in [-0.2, 0) is 0 Å². The van der Waals surface area contributed by atoms with E-state index < -0.39 is 0 Å². The fourth-order valence-corrected chi connectivity index (χ4v) is 3.52. The van der Waals surface area contributed by atoms with Crippen molar-refractivity contribution < 1.29 is 0 Å². The minimum absolute atomic E-state index is 0.393. The summed E-state index contributed by atoms with van der Waals surface area (Å²) in [5.74, 6) is 2.13. The third-order valence-electron chi connectivity index (χ3n) is 5.03. The van der Waals surface area contributed by atoms with Gasteiger partial charge in [0.05, 0.1) is 6.07 Å². The summed E-state index contributed by atoms with van der Waals surface area (Å²) in [4.78, 5) is 4.26. The molecule has 21 heavy (non-hydrogen) atoms. The van der Waals surface area contributed by atoms with Gasteiger partial charge in [0.15, 0.2) is 0 Å². The molecule has 1 aliphatic rings. The molecule has 0 aromatic heterocycles. The van der Waals surface area contributed by atoms with Gasteiger partial charge in [0.2, 0.25) is 0 Å². The van der Waals surface area contributed by atoms with Crippen molar-refractivity contribution in [2.75, 3.05) is 6.54 Å². The Hall–Kier alpha value is -1.36. The molecule has 0 radical (unpaired) electrons. The lowest BCUT2D eigenvalue weighted by atomic mass is 9.67. The summed E-state index contributed by atoms with van der Waals surface area (Å²) >= 11 is 0. The van der Waals surface area contributed by atoms with E-state index in [2.05, 4.69) is 50.9 Å². The molecule has 1 rings (SSSR count). The fraction of sp³-hybridized carbons (Fsp3) is 0.684. The highest BCUT2D eigenvalue weighted by Gasteiger charge is 2.33. The minimum atomic E-state index is 0.393. The Morgan fingerprint density at radius 2 is 2.10 bits per heavy atom. The summed E-state index contributed by atoms with van der Waals surface area (Å²) in [7, 11) is 0. The van der Waals surface area contributed by atoms with Crippen molar-refractivity contribution in [3.8, 4) is 6.07 Å². The Morgan fingerprint density at radius 1 is 1.43 bits per heavy atom. The summed E-state index contributed by atoms with van der Waals surface area (Å²) in [5, 5.41) is 9.46. The first kappa shape index (κ1) is 17.7. The second-order valence-electron chi connectivity index (χ2n) is 6.16. The molecule has 116 valence electrons. The first-order valence-electron chi connectivity index (χ1n) is 8.37. The molecule has 0 N–H and O–H groups in total. The van der Waals surface area contributed by atoms with Crippen LogP contribution in [0.2, 0.25) is 0 Å². The molecule has 2 nitrogen and oxygen atoms in total. The van der Waals surface area contributed by atoms with Gasteiger partial charge in [-0.2, -0.15) is 5.26 Å². The Balaban J connectivity index is 3.01. The van der Waals surface area contributed by atoms with Gasteiger partial charge in [0.25, 0.3) is 0 Å². The molecule has 0 spiro atoms. The van der Waals surface area contributed by atoms with Crippen LogP contribution in [0.3, 0.4) is 0 Å². The van der Waals surface area contributed by atoms with Gasteiger partial charge in [0, 0.05) is 18.3 Å². The van der Waals surface area contributed by atoms with E-state index in [0.717, 1.165) is 18.0 Å². The van der Waals surface area contributed by atoms with Gasteiger partial charge < -0.3 is 0 Å². The molecule has 0 aromatic rings. The third-order valence-corrected chi connectivity index (χ3v) is 5.03. The molecule has 0 heterocycles. The predicted octanol–water partition coefficient (Wildman–Crippen LogP) is 5.18. The minimum Gasteiger partial charge on any atom is -0.293 e. The van der Waals surface area contributed by atoms with Crippen molar-refractivity contribution in [1.82, 2.24) is 0 Å². The van der Waals surface area contributed by atoms with E-state index in [1.54, 1.807) is 0 Å². The zero-order chi connectivity index (χ0) is 15.8. The van der Waals surface area contributed by atoms with Crippen molar-refractivity contribution in [1.29, 1.82) is 5.26 Å². The van der Waals surface area contributed by atoms with Gasteiger partial charge in [-0.25, -0.2) is 0 Å². The molecule has 0 amide bonds. The molecule has 0 aromatic carbocycles. The number of aliphatic imine (C=N–C) groups is 1. The maximum atomic E-state index is 9.46. The van der Waals surface area contributed by atoms with Crippen LogP contribution in [0.5, 0.6) is 0 Å². The lowest BCUT2D eigenvalue weighted by Crippen LogP contribution is -2.29. The third kappa shape index (κ3) is 4.56. The maximum Gasteiger partial charge on any atom is 0.0946 e. The number of hydrogen-bond donors (Lipinski definition) is 0. The van der Waals surface area contributed by atoms with Crippen molar-refractivity contribution in [3.63, 3.8) is 0 Å². The van der Waals surface area contributed by atoms with Crippen LogP contribution in [0.1, 0.15) is 53.9 Å². The number of hydrogen-bond acceptors (Lipinski definition) is 2. The van der Waals surface area contributed by atoms with E-state index >= 15 is 0 Å². The SMILES string of the molecule is CC/N=C\C=C(/C)C1C=C(C#N)C(C)C(C(CC)CC)C1. The van der Waals surface area contributed by atoms with E-state index in [0.29, 0.717) is 17.8 Å². The Morgan fingerprint density at radius 3 is 2.62 bits per heavy atom. The molecule has 0 bridgehead atoms. The van der Waals surface area contributed by atoms with Gasteiger partial charge in [-0.05, 0) is 50.0 Å². The highest BCUT2D eigenvalue weighted by atomic mass is 14.7. The first-order valence-corrected chi connectivity index (χ1v) is 8.37. The zero-order valence-electron chi connectivity index (χ0n) is 14.3. The van der Waals surface area contributed by atoms with Gasteiger partial charge in [-0.1, -0.05) is 45.3 Å². The average Bonchev–Trinajstić information content (AvgIpc) is 2.50. The van der Waals surface area contributed by atoms with Gasteiger partial charge in [-0.3, -0.25) is 4.99 Å². The summed E-state index contributed by atoms with van der Waals surface area (Å²) in [6.45, 7) is 11.8. The normalized spacial score (nSPS) is 27.0. The van der Waals surface area contributed by atoms with E-state index in [-0.39, 0.29) is 0 Å². The Kier molecular flexibility index (Phi) is 7.43. The predicted molar refractivity (Wildman–Crippen MR) is 91.3 cm³/mol. The second-order valence-corrected chi connectivity index (χ2v) is 6.16. The molecule has 3 unspecified atom stereocenters. The lowest BCUT2D eigenvalue weighted by Gasteiger charge is -2.37. The largest absolute Gasteiger partial charge is 0.293 e. The van der Waals surface area contributed by atoms with Crippen molar-refractivity contribution in [2.24, 2.45) is 28.7 Å². The van der Waals surface area contributed by atoms with E-state index in [1.807, 2.05) is 13.1 Å². The number of nitrogens with zero attached hydrogens (tertiary/aromatic N) is 2. The summed E-state index contributed by atoms with van der Waals surface area (Å²) in [5.41, 5.74) is 2.30. The lowest BCUT2D eigenvalue weighted by molar-refractivity contribution is 0.212. The van der Waals surface area contributed by atoms with Crippen LogP contribution in [0.4, 0.5) is 0 Å². The van der Waals surface area contributed by atoms with E-state index in [1.165, 1.54) is 24.8 Å². The number of rotatable bonds is 6. The summed E-state index contributed by atoms with van der Waals surface area (Å²) < 4.78 is 0. The van der Waals surface area contributed by atoms with Gasteiger partial charge in [0.1, 0.15) is 0 Å². The average molecular weight is 286 g/mol. The molecular formula is C19H30N2. The molecule has 0 aliphatic heterocycles. The zero-order valence-corrected chi connectivity index (χ0v) is 14.3. The van der Waals surface area contributed by atoms with Gasteiger partial charge in [-0.15, -0.1) is 0 Å². The van der Waals surface area contributed by atoms with Crippen molar-refractivity contribution in [3.05, 3.63) is 23.3 Å². The fourth-order valence-electron chi connectivity index (χ4n) is 3.52. The van der Waals surface area contributed by atoms with Crippen molar-refractivity contribution >= 4 is 6.21 Å². The molecule has 1 aliphatic carbocycles. The molecular weight excluding hydrogens is 256 g/mol. The van der Waals surface area contributed by atoms with Crippen LogP contribution < -0.4 is 0 Å². The monoisotopic (exact) mass is 286 g/mol. The topological polar surface area (TPSA) is 36.1 Å². The van der Waals surface area contributed by atoms with Crippen LogP contribution in [0, 0.1) is 35.0 Å². The number of allylic oxidation sites excluding steroid dienone is 4. The molecule has 2 heteroatoms. The second kappa shape index (κ2) is 8.82. The molecule has 3 atom stereocenters. The highest BCUT2D eigenvalue weighted by molar-refractivity contribution is 5.72. The van der Waals surface area contributed by atoms with Crippen LogP contribution in [0.25, 0.3) is 0 Å². The van der Waals surface area contributed by atoms with E-state index in [9.17, 15) is 5.26 Å². The molecule has 0 saturated heterocycles. The highest BCUT2D eigenvalue weighted by Crippen LogP contribution is 2.42. The Bertz CT molecular complexity index is 447. The molecule has 0 fully saturated rings. The van der Waals surface area contributed by atoms with Crippen LogP contribution >= 0.6 is 0 Å². The summed E-state index contributed by atoms with van der Waals surface area (Å²) in [6.07, 6.45) is 9.78. The van der Waals surface area contributed by atoms with Crippen LogP contribution in [-0.4, -0.2) is 12.8 Å². The number of nitriles is 1. The smallest absolute Gasteiger partial charge is 0.0946 e. The Labute approximate surface area is 130 Å². The van der Waals surface area contributed by atoms with Gasteiger partial charge >= 0.3 is 0 Å². The summed E-state index contributed by atoms with van der Waals surface area (Å²) in [6, 6.07) is 2.44. The van der Waals surface area contributed by atoms with Crippen LogP contribution in [0.15, 0.2) is 28.3 Å². The maximum absolute atomic E-state index is 9.46.